The monoisotopic (exact) mass is 269 g/mol. The number of benzene rings is 1. The second-order valence-corrected chi connectivity index (χ2v) is 5.79. The fourth-order valence-electron chi connectivity index (χ4n) is 3.14. The van der Waals surface area contributed by atoms with E-state index in [0.717, 1.165) is 25.1 Å². The number of aromatic nitrogens is 2. The molecule has 1 aromatic carbocycles. The summed E-state index contributed by atoms with van der Waals surface area (Å²) >= 11 is 0. The van der Waals surface area contributed by atoms with Crippen molar-refractivity contribution >= 4 is 0 Å². The highest BCUT2D eigenvalue weighted by molar-refractivity contribution is 5.67. The van der Waals surface area contributed by atoms with E-state index in [-0.39, 0.29) is 0 Å². The predicted octanol–water partition coefficient (Wildman–Crippen LogP) is 3.00. The van der Waals surface area contributed by atoms with Crippen LogP contribution in [0.2, 0.25) is 0 Å². The average molecular weight is 269 g/mol. The summed E-state index contributed by atoms with van der Waals surface area (Å²) in [5, 5.41) is 0. The molecule has 0 aliphatic carbocycles. The van der Waals surface area contributed by atoms with Crippen molar-refractivity contribution in [2.24, 2.45) is 5.73 Å². The molecule has 3 nitrogen and oxygen atoms in total. The second-order valence-electron chi connectivity index (χ2n) is 5.79. The smallest absolute Gasteiger partial charge is 0.109 e. The summed E-state index contributed by atoms with van der Waals surface area (Å²) in [7, 11) is 0. The van der Waals surface area contributed by atoms with Crippen LogP contribution in [0.15, 0.2) is 18.2 Å². The highest BCUT2D eigenvalue weighted by Crippen LogP contribution is 2.30. The van der Waals surface area contributed by atoms with E-state index in [4.69, 9.17) is 10.7 Å². The maximum absolute atomic E-state index is 5.83. The minimum absolute atomic E-state index is 0.684. The van der Waals surface area contributed by atoms with E-state index >= 15 is 0 Å². The number of nitrogens with zero attached hydrogens (tertiary/aromatic N) is 2. The SMILES string of the molecule is Cc1ccc(C)c(-c2nc3n(c2CCN)CCCC3)c1. The molecule has 0 radical (unpaired) electrons. The Kier molecular flexibility index (Phi) is 3.62. The number of aryl methyl sites for hydroxylation is 3. The number of fused-ring (bicyclic) bond motifs is 1. The molecular formula is C17H23N3. The third-order valence-electron chi connectivity index (χ3n) is 4.21. The van der Waals surface area contributed by atoms with Gasteiger partial charge in [-0.1, -0.05) is 17.7 Å². The maximum Gasteiger partial charge on any atom is 0.109 e. The quantitative estimate of drug-likeness (QED) is 0.931. The molecule has 3 heteroatoms. The standard InChI is InChI=1S/C17H23N3/c1-12-6-7-13(2)14(11-12)17-15(8-9-18)20-10-4-3-5-16(20)19-17/h6-7,11H,3-5,8-10,18H2,1-2H3. The highest BCUT2D eigenvalue weighted by Gasteiger charge is 2.20. The van der Waals surface area contributed by atoms with Crippen LogP contribution < -0.4 is 5.73 Å². The van der Waals surface area contributed by atoms with Gasteiger partial charge in [0.15, 0.2) is 0 Å². The summed E-state index contributed by atoms with van der Waals surface area (Å²) in [5.74, 6) is 1.25. The first-order chi connectivity index (χ1) is 9.70. The summed E-state index contributed by atoms with van der Waals surface area (Å²) < 4.78 is 2.41. The summed E-state index contributed by atoms with van der Waals surface area (Å²) in [6, 6.07) is 6.61. The number of hydrogen-bond acceptors (Lipinski definition) is 2. The first-order valence-electron chi connectivity index (χ1n) is 7.56. The van der Waals surface area contributed by atoms with Crippen LogP contribution in [0.25, 0.3) is 11.3 Å². The average Bonchev–Trinajstić information content (AvgIpc) is 2.81. The third kappa shape index (κ3) is 2.27. The van der Waals surface area contributed by atoms with Gasteiger partial charge >= 0.3 is 0 Å². The number of rotatable bonds is 3. The van der Waals surface area contributed by atoms with Crippen molar-refractivity contribution in [3.63, 3.8) is 0 Å². The molecule has 0 atom stereocenters. The Hall–Kier alpha value is -1.61. The predicted molar refractivity (Wildman–Crippen MR) is 82.8 cm³/mol. The van der Waals surface area contributed by atoms with E-state index in [1.165, 1.54) is 41.1 Å². The second kappa shape index (κ2) is 5.41. The molecule has 1 aliphatic rings. The van der Waals surface area contributed by atoms with Crippen molar-refractivity contribution in [1.29, 1.82) is 0 Å². The van der Waals surface area contributed by atoms with Crippen LogP contribution in [-0.4, -0.2) is 16.1 Å². The van der Waals surface area contributed by atoms with Gasteiger partial charge in [-0.25, -0.2) is 4.98 Å². The Morgan fingerprint density at radius 2 is 2.10 bits per heavy atom. The van der Waals surface area contributed by atoms with Crippen molar-refractivity contribution in [1.82, 2.24) is 9.55 Å². The van der Waals surface area contributed by atoms with Crippen LogP contribution in [0, 0.1) is 13.8 Å². The third-order valence-corrected chi connectivity index (χ3v) is 4.21. The molecule has 3 rings (SSSR count). The number of imidazole rings is 1. The van der Waals surface area contributed by atoms with Crippen LogP contribution in [0.5, 0.6) is 0 Å². The van der Waals surface area contributed by atoms with E-state index in [0.29, 0.717) is 6.54 Å². The molecule has 2 heterocycles. The lowest BCUT2D eigenvalue weighted by Crippen LogP contribution is -2.15. The lowest BCUT2D eigenvalue weighted by molar-refractivity contribution is 0.508. The molecule has 0 unspecified atom stereocenters. The van der Waals surface area contributed by atoms with Crippen LogP contribution in [0.4, 0.5) is 0 Å². The van der Waals surface area contributed by atoms with Gasteiger partial charge in [-0.15, -0.1) is 0 Å². The largest absolute Gasteiger partial charge is 0.331 e. The lowest BCUT2D eigenvalue weighted by Gasteiger charge is -2.16. The molecule has 0 amide bonds. The Balaban J connectivity index is 2.17. The zero-order valence-corrected chi connectivity index (χ0v) is 12.4. The van der Waals surface area contributed by atoms with Crippen LogP contribution in [0.1, 0.15) is 35.5 Å². The molecule has 0 saturated carbocycles. The van der Waals surface area contributed by atoms with Crippen molar-refractivity contribution in [3.8, 4) is 11.3 Å². The normalized spacial score (nSPS) is 14.3. The van der Waals surface area contributed by atoms with Crippen molar-refractivity contribution in [2.45, 2.75) is 46.1 Å². The van der Waals surface area contributed by atoms with Gasteiger partial charge in [0.25, 0.3) is 0 Å². The lowest BCUT2D eigenvalue weighted by atomic mass is 10.0. The molecular weight excluding hydrogens is 246 g/mol. The zero-order valence-electron chi connectivity index (χ0n) is 12.4. The molecule has 2 aromatic rings. The summed E-state index contributed by atoms with van der Waals surface area (Å²) in [5.41, 5.74) is 12.2. The van der Waals surface area contributed by atoms with Gasteiger partial charge in [-0.3, -0.25) is 0 Å². The first-order valence-corrected chi connectivity index (χ1v) is 7.56. The number of hydrogen-bond donors (Lipinski definition) is 1. The van der Waals surface area contributed by atoms with Crippen LogP contribution in [0.3, 0.4) is 0 Å². The van der Waals surface area contributed by atoms with Crippen molar-refractivity contribution in [3.05, 3.63) is 40.8 Å². The topological polar surface area (TPSA) is 43.8 Å². The molecule has 0 spiro atoms. The molecule has 0 saturated heterocycles. The van der Waals surface area contributed by atoms with E-state index in [2.05, 4.69) is 36.6 Å². The fraction of sp³-hybridized carbons (Fsp3) is 0.471. The molecule has 0 fully saturated rings. The number of nitrogens with two attached hydrogens (primary N) is 1. The maximum atomic E-state index is 5.83. The Morgan fingerprint density at radius 1 is 1.25 bits per heavy atom. The van der Waals surface area contributed by atoms with Gasteiger partial charge < -0.3 is 10.3 Å². The molecule has 1 aliphatic heterocycles. The summed E-state index contributed by atoms with van der Waals surface area (Å²) in [6.07, 6.45) is 4.52. The van der Waals surface area contributed by atoms with Gasteiger partial charge in [-0.2, -0.15) is 0 Å². The van der Waals surface area contributed by atoms with Gasteiger partial charge in [-0.05, 0) is 44.9 Å². The Labute approximate surface area is 120 Å². The van der Waals surface area contributed by atoms with E-state index in [1.54, 1.807) is 0 Å². The summed E-state index contributed by atoms with van der Waals surface area (Å²) in [6.45, 7) is 6.09. The van der Waals surface area contributed by atoms with E-state index in [9.17, 15) is 0 Å². The molecule has 106 valence electrons. The van der Waals surface area contributed by atoms with E-state index in [1.807, 2.05) is 0 Å². The van der Waals surface area contributed by atoms with Crippen LogP contribution >= 0.6 is 0 Å². The van der Waals surface area contributed by atoms with Crippen molar-refractivity contribution in [2.75, 3.05) is 6.54 Å². The van der Waals surface area contributed by atoms with Gasteiger partial charge in [0.1, 0.15) is 5.82 Å². The highest BCUT2D eigenvalue weighted by atomic mass is 15.1. The van der Waals surface area contributed by atoms with Crippen molar-refractivity contribution < 1.29 is 0 Å². The van der Waals surface area contributed by atoms with Gasteiger partial charge in [0.2, 0.25) is 0 Å². The summed E-state index contributed by atoms with van der Waals surface area (Å²) in [4.78, 5) is 4.95. The van der Waals surface area contributed by atoms with E-state index < -0.39 is 0 Å². The minimum Gasteiger partial charge on any atom is -0.331 e. The molecule has 20 heavy (non-hydrogen) atoms. The van der Waals surface area contributed by atoms with Gasteiger partial charge in [0.05, 0.1) is 5.69 Å². The first kappa shape index (κ1) is 13.4. The Morgan fingerprint density at radius 3 is 2.90 bits per heavy atom. The molecule has 1 aromatic heterocycles. The minimum atomic E-state index is 0.684. The van der Waals surface area contributed by atoms with Crippen LogP contribution in [-0.2, 0) is 19.4 Å². The Bertz CT molecular complexity index is 625. The zero-order chi connectivity index (χ0) is 14.1. The molecule has 0 bridgehead atoms. The van der Waals surface area contributed by atoms with Gasteiger partial charge in [0, 0.05) is 30.6 Å². The fourth-order valence-corrected chi connectivity index (χ4v) is 3.14. The molecule has 2 N–H and O–H groups in total.